The van der Waals surface area contributed by atoms with E-state index in [1.54, 1.807) is 0 Å². The van der Waals surface area contributed by atoms with Gasteiger partial charge >= 0.3 is 5.97 Å². The molecule has 3 aliphatic rings. The van der Waals surface area contributed by atoms with Crippen molar-refractivity contribution < 1.29 is 19.5 Å². The van der Waals surface area contributed by atoms with Crippen molar-refractivity contribution in [2.75, 3.05) is 11.4 Å². The van der Waals surface area contributed by atoms with Crippen LogP contribution in [-0.2, 0) is 9.59 Å². The fourth-order valence-corrected chi connectivity index (χ4v) is 5.56. The first kappa shape index (κ1) is 21.4. The van der Waals surface area contributed by atoms with Gasteiger partial charge in [0, 0.05) is 41.9 Å². The van der Waals surface area contributed by atoms with Crippen LogP contribution in [0.15, 0.2) is 66.7 Å². The zero-order valence-corrected chi connectivity index (χ0v) is 18.5. The van der Waals surface area contributed by atoms with E-state index in [2.05, 4.69) is 0 Å². The number of carboxylic acids is 1. The number of carbonyl (C=O) groups is 3. The lowest BCUT2D eigenvalue weighted by atomic mass is 9.81. The topological polar surface area (TPSA) is 77.9 Å². The Balaban J connectivity index is 1.58. The van der Waals surface area contributed by atoms with E-state index in [1.165, 1.54) is 6.08 Å². The number of fused-ring (bicyclic) bond motifs is 2. The summed E-state index contributed by atoms with van der Waals surface area (Å²) in [5.74, 6) is -0.823. The Morgan fingerprint density at radius 1 is 0.939 bits per heavy atom. The van der Waals surface area contributed by atoms with Crippen molar-refractivity contribution in [3.63, 3.8) is 0 Å². The lowest BCUT2D eigenvalue weighted by molar-refractivity contribution is -0.133. The third kappa shape index (κ3) is 4.17. The summed E-state index contributed by atoms with van der Waals surface area (Å²) >= 11 is 0. The number of aliphatic carboxylic acids is 1. The second-order valence-corrected chi connectivity index (χ2v) is 9.31. The Morgan fingerprint density at radius 2 is 1.67 bits per heavy atom. The summed E-state index contributed by atoms with van der Waals surface area (Å²) in [5, 5.41) is 9.06. The van der Waals surface area contributed by atoms with Crippen LogP contribution >= 0.6 is 0 Å². The predicted octanol–water partition coefficient (Wildman–Crippen LogP) is 4.44. The number of nitrogens with zero attached hydrogens (tertiary/aromatic N) is 2. The number of rotatable bonds is 6. The van der Waals surface area contributed by atoms with Gasteiger partial charge in [-0.3, -0.25) is 9.59 Å². The maximum absolute atomic E-state index is 13.6. The van der Waals surface area contributed by atoms with Crippen molar-refractivity contribution in [3.8, 4) is 0 Å². The minimum atomic E-state index is -1.13. The summed E-state index contributed by atoms with van der Waals surface area (Å²) in [6.07, 6.45) is 7.10. The molecule has 0 aromatic heterocycles. The van der Waals surface area contributed by atoms with Crippen molar-refractivity contribution in [1.29, 1.82) is 0 Å². The number of para-hydroxylation sites is 1. The summed E-state index contributed by atoms with van der Waals surface area (Å²) in [6.45, 7) is 0.623. The molecule has 6 heteroatoms. The largest absolute Gasteiger partial charge is 0.478 e. The molecule has 6 nitrogen and oxygen atoms in total. The molecule has 2 aliphatic carbocycles. The number of amides is 2. The third-order valence-corrected chi connectivity index (χ3v) is 7.16. The molecule has 0 spiro atoms. The first-order valence-corrected chi connectivity index (χ1v) is 11.7. The van der Waals surface area contributed by atoms with Gasteiger partial charge in [-0.05, 0) is 55.4 Å². The molecule has 3 atom stereocenters. The SMILES string of the molecule is O=C(O)C=CC(=O)N(CC1CC1)C1c2ccccc2N(C(=O)c2ccccc2)C2CCCC12. The van der Waals surface area contributed by atoms with Gasteiger partial charge in [-0.25, -0.2) is 4.79 Å². The van der Waals surface area contributed by atoms with Crippen LogP contribution in [0, 0.1) is 11.8 Å². The minimum Gasteiger partial charge on any atom is -0.478 e. The molecule has 2 fully saturated rings. The highest BCUT2D eigenvalue weighted by Gasteiger charge is 2.49. The molecule has 2 aromatic carbocycles. The number of hydrogen-bond donors (Lipinski definition) is 1. The molecule has 33 heavy (non-hydrogen) atoms. The van der Waals surface area contributed by atoms with Gasteiger partial charge in [-0.15, -0.1) is 0 Å². The maximum atomic E-state index is 13.6. The van der Waals surface area contributed by atoms with Gasteiger partial charge in [0.1, 0.15) is 0 Å². The van der Waals surface area contributed by atoms with Gasteiger partial charge in [-0.2, -0.15) is 0 Å². The van der Waals surface area contributed by atoms with E-state index in [1.807, 2.05) is 64.4 Å². The van der Waals surface area contributed by atoms with Crippen LogP contribution in [0.4, 0.5) is 5.69 Å². The quantitative estimate of drug-likeness (QED) is 0.669. The van der Waals surface area contributed by atoms with Gasteiger partial charge < -0.3 is 14.9 Å². The predicted molar refractivity (Wildman–Crippen MR) is 125 cm³/mol. The summed E-state index contributed by atoms with van der Waals surface area (Å²) in [7, 11) is 0. The smallest absolute Gasteiger partial charge is 0.328 e. The molecule has 0 saturated heterocycles. The third-order valence-electron chi connectivity index (χ3n) is 7.16. The van der Waals surface area contributed by atoms with Crippen molar-refractivity contribution >= 4 is 23.5 Å². The van der Waals surface area contributed by atoms with E-state index in [4.69, 9.17) is 5.11 Å². The van der Waals surface area contributed by atoms with Gasteiger partial charge in [0.25, 0.3) is 5.91 Å². The summed E-state index contributed by atoms with van der Waals surface area (Å²) in [6, 6.07) is 17.1. The number of carboxylic acid groups (broad SMARTS) is 1. The fourth-order valence-electron chi connectivity index (χ4n) is 5.56. The average Bonchev–Trinajstić information content (AvgIpc) is 3.53. The van der Waals surface area contributed by atoms with E-state index in [-0.39, 0.29) is 29.8 Å². The van der Waals surface area contributed by atoms with Gasteiger partial charge in [0.2, 0.25) is 5.91 Å². The first-order chi connectivity index (χ1) is 16.0. The molecule has 5 rings (SSSR count). The van der Waals surface area contributed by atoms with Gasteiger partial charge in [0.05, 0.1) is 6.04 Å². The minimum absolute atomic E-state index is 0.00978. The van der Waals surface area contributed by atoms with Crippen molar-refractivity contribution in [1.82, 2.24) is 4.90 Å². The highest BCUT2D eigenvalue weighted by atomic mass is 16.4. The average molecular weight is 445 g/mol. The molecule has 1 heterocycles. The lowest BCUT2D eigenvalue weighted by Gasteiger charge is -2.47. The molecule has 2 saturated carbocycles. The van der Waals surface area contributed by atoms with E-state index in [9.17, 15) is 14.4 Å². The molecule has 1 N–H and O–H groups in total. The number of benzene rings is 2. The Morgan fingerprint density at radius 3 is 2.39 bits per heavy atom. The van der Waals surface area contributed by atoms with Gasteiger partial charge in [-0.1, -0.05) is 42.8 Å². The molecular formula is C27H28N2O4. The highest BCUT2D eigenvalue weighted by Crippen LogP contribution is 2.51. The fraction of sp³-hybridized carbons (Fsp3) is 0.370. The maximum Gasteiger partial charge on any atom is 0.328 e. The van der Waals surface area contributed by atoms with Crippen molar-refractivity contribution in [2.24, 2.45) is 11.8 Å². The first-order valence-electron chi connectivity index (χ1n) is 11.7. The van der Waals surface area contributed by atoms with E-state index < -0.39 is 5.97 Å². The van der Waals surface area contributed by atoms with E-state index >= 15 is 0 Å². The summed E-state index contributed by atoms with van der Waals surface area (Å²) in [4.78, 5) is 41.8. The Bertz CT molecular complexity index is 1090. The molecule has 170 valence electrons. The second kappa shape index (κ2) is 8.85. The van der Waals surface area contributed by atoms with Crippen LogP contribution in [0.1, 0.15) is 54.1 Å². The number of anilines is 1. The lowest BCUT2D eigenvalue weighted by Crippen LogP contribution is -2.52. The Kier molecular flexibility index (Phi) is 5.75. The second-order valence-electron chi connectivity index (χ2n) is 9.31. The Hall–Kier alpha value is -3.41. The van der Waals surface area contributed by atoms with Gasteiger partial charge in [0.15, 0.2) is 0 Å². The summed E-state index contributed by atoms with van der Waals surface area (Å²) < 4.78 is 0. The van der Waals surface area contributed by atoms with Crippen LogP contribution in [0.5, 0.6) is 0 Å². The standard InChI is InChI=1S/C27H28N2O4/c30-24(15-16-25(31)32)28(17-18-13-14-18)26-20-9-4-5-11-22(20)29(23-12-6-10-21(23)26)27(33)19-7-2-1-3-8-19/h1-5,7-9,11,15-16,18,21,23,26H,6,10,12-14,17H2,(H,31,32). The highest BCUT2D eigenvalue weighted by molar-refractivity contribution is 6.07. The van der Waals surface area contributed by atoms with Crippen LogP contribution in [0.3, 0.4) is 0 Å². The van der Waals surface area contributed by atoms with Crippen LogP contribution in [0.25, 0.3) is 0 Å². The molecule has 3 unspecified atom stereocenters. The van der Waals surface area contributed by atoms with Crippen molar-refractivity contribution in [3.05, 3.63) is 77.9 Å². The normalized spacial score (nSPS) is 23.8. The van der Waals surface area contributed by atoms with Crippen molar-refractivity contribution in [2.45, 2.75) is 44.2 Å². The number of carbonyl (C=O) groups excluding carboxylic acids is 2. The van der Waals surface area contributed by atoms with Crippen LogP contribution < -0.4 is 4.90 Å². The molecule has 0 bridgehead atoms. The van der Waals surface area contributed by atoms with E-state index in [0.29, 0.717) is 18.0 Å². The monoisotopic (exact) mass is 444 g/mol. The zero-order chi connectivity index (χ0) is 22.9. The molecular weight excluding hydrogens is 416 g/mol. The zero-order valence-electron chi connectivity index (χ0n) is 18.5. The Labute approximate surface area is 193 Å². The van der Waals surface area contributed by atoms with Crippen LogP contribution in [0.2, 0.25) is 0 Å². The number of hydrogen-bond acceptors (Lipinski definition) is 3. The van der Waals surface area contributed by atoms with Crippen LogP contribution in [-0.4, -0.2) is 40.4 Å². The summed E-state index contributed by atoms with van der Waals surface area (Å²) in [5.41, 5.74) is 2.49. The molecule has 1 aliphatic heterocycles. The molecule has 2 amide bonds. The molecule has 2 aromatic rings. The van der Waals surface area contributed by atoms with E-state index in [0.717, 1.165) is 49.4 Å². The molecule has 0 radical (unpaired) electrons.